The molecule has 1 fully saturated rings. The Morgan fingerprint density at radius 3 is 2.83 bits per heavy atom. The third-order valence-corrected chi connectivity index (χ3v) is 5.15. The summed E-state index contributed by atoms with van der Waals surface area (Å²) in [5.74, 6) is 0.778. The topological polar surface area (TPSA) is 65.4 Å². The van der Waals surface area contributed by atoms with Crippen LogP contribution in [0, 0.1) is 5.41 Å². The zero-order chi connectivity index (χ0) is 16.7. The average molecular weight is 337 g/mol. The molecule has 2 aliphatic heterocycles. The Hall–Kier alpha value is -2.73. The van der Waals surface area contributed by atoms with E-state index in [1.54, 1.807) is 24.9 Å². The van der Waals surface area contributed by atoms with E-state index in [0.29, 0.717) is 11.4 Å². The van der Waals surface area contributed by atoms with E-state index >= 15 is 0 Å². The molecule has 0 aliphatic carbocycles. The normalized spacial score (nSPS) is 19.5. The SMILES string of the molecule is COc1cccc(N2C(=N)C(=C3Nc4ccccc4S3)CC2=O)c1. The van der Waals surface area contributed by atoms with E-state index in [2.05, 4.69) is 5.32 Å². The molecule has 2 heterocycles. The molecule has 4 rings (SSSR count). The van der Waals surface area contributed by atoms with Crippen LogP contribution in [0.3, 0.4) is 0 Å². The molecule has 6 heteroatoms. The highest BCUT2D eigenvalue weighted by Gasteiger charge is 2.36. The monoisotopic (exact) mass is 337 g/mol. The number of amidine groups is 1. The van der Waals surface area contributed by atoms with Gasteiger partial charge in [-0.15, -0.1) is 0 Å². The van der Waals surface area contributed by atoms with Crippen molar-refractivity contribution in [2.24, 2.45) is 0 Å². The van der Waals surface area contributed by atoms with Gasteiger partial charge in [-0.2, -0.15) is 0 Å². The molecule has 24 heavy (non-hydrogen) atoms. The predicted molar refractivity (Wildman–Crippen MR) is 95.8 cm³/mol. The third-order valence-electron chi connectivity index (χ3n) is 4.02. The van der Waals surface area contributed by atoms with Gasteiger partial charge in [0.25, 0.3) is 0 Å². The quantitative estimate of drug-likeness (QED) is 0.874. The van der Waals surface area contributed by atoms with Crippen LogP contribution < -0.4 is 15.0 Å². The number of nitrogens with one attached hydrogen (secondary N) is 2. The van der Waals surface area contributed by atoms with Gasteiger partial charge in [0, 0.05) is 16.5 Å². The minimum absolute atomic E-state index is 0.103. The average Bonchev–Trinajstić information content (AvgIpc) is 3.15. The van der Waals surface area contributed by atoms with Crippen molar-refractivity contribution in [1.82, 2.24) is 0 Å². The molecule has 0 atom stereocenters. The largest absolute Gasteiger partial charge is 0.497 e. The van der Waals surface area contributed by atoms with Crippen LogP contribution in [-0.4, -0.2) is 18.9 Å². The first kappa shape index (κ1) is 14.8. The summed E-state index contributed by atoms with van der Waals surface area (Å²) >= 11 is 1.57. The summed E-state index contributed by atoms with van der Waals surface area (Å²) in [6, 6.07) is 15.2. The molecule has 120 valence electrons. The first-order chi connectivity index (χ1) is 11.7. The number of methoxy groups -OCH3 is 1. The first-order valence-electron chi connectivity index (χ1n) is 7.50. The van der Waals surface area contributed by atoms with Crippen molar-refractivity contribution in [3.05, 3.63) is 59.1 Å². The highest BCUT2D eigenvalue weighted by Crippen LogP contribution is 2.44. The number of ether oxygens (including phenoxy) is 1. The molecule has 1 amide bonds. The third kappa shape index (κ3) is 2.35. The van der Waals surface area contributed by atoms with Crippen molar-refractivity contribution < 1.29 is 9.53 Å². The number of anilines is 2. The Morgan fingerprint density at radius 1 is 1.21 bits per heavy atom. The molecule has 2 aromatic rings. The zero-order valence-corrected chi connectivity index (χ0v) is 13.8. The minimum atomic E-state index is -0.103. The Labute approximate surface area is 143 Å². The zero-order valence-electron chi connectivity index (χ0n) is 13.0. The number of thioether (sulfide) groups is 1. The van der Waals surface area contributed by atoms with Crippen molar-refractivity contribution >= 4 is 34.9 Å². The molecule has 0 saturated carbocycles. The second kappa shape index (κ2) is 5.72. The van der Waals surface area contributed by atoms with E-state index < -0.39 is 0 Å². The van der Waals surface area contributed by atoms with Crippen LogP contribution in [0.4, 0.5) is 11.4 Å². The summed E-state index contributed by atoms with van der Waals surface area (Å²) < 4.78 is 5.22. The molecule has 1 saturated heterocycles. The fourth-order valence-electron chi connectivity index (χ4n) is 2.84. The molecule has 0 bridgehead atoms. The van der Waals surface area contributed by atoms with Gasteiger partial charge in [0.15, 0.2) is 0 Å². The number of rotatable bonds is 2. The molecular weight excluding hydrogens is 322 g/mol. The molecule has 0 unspecified atom stereocenters. The maximum absolute atomic E-state index is 12.5. The van der Waals surface area contributed by atoms with E-state index in [-0.39, 0.29) is 18.2 Å². The lowest BCUT2D eigenvalue weighted by atomic mass is 10.2. The van der Waals surface area contributed by atoms with E-state index in [0.717, 1.165) is 21.2 Å². The van der Waals surface area contributed by atoms with Crippen LogP contribution in [-0.2, 0) is 4.79 Å². The minimum Gasteiger partial charge on any atom is -0.497 e. The number of hydrogen-bond acceptors (Lipinski definition) is 5. The highest BCUT2D eigenvalue weighted by atomic mass is 32.2. The van der Waals surface area contributed by atoms with Crippen LogP contribution >= 0.6 is 11.8 Å². The van der Waals surface area contributed by atoms with Gasteiger partial charge in [-0.05, 0) is 24.3 Å². The molecule has 2 N–H and O–H groups in total. The molecule has 0 spiro atoms. The standard InChI is InChI=1S/C18H15N3O2S/c1-23-12-6-4-5-11(9-12)21-16(22)10-13(17(21)19)18-20-14-7-2-3-8-15(14)24-18/h2-9,19-20H,10H2,1H3. The second-order valence-corrected chi connectivity index (χ2v) is 6.54. The second-order valence-electron chi connectivity index (χ2n) is 5.49. The van der Waals surface area contributed by atoms with Crippen LogP contribution in [0.1, 0.15) is 6.42 Å². The lowest BCUT2D eigenvalue weighted by Gasteiger charge is -2.16. The van der Waals surface area contributed by atoms with E-state index in [9.17, 15) is 4.79 Å². The van der Waals surface area contributed by atoms with Crippen molar-refractivity contribution in [2.45, 2.75) is 11.3 Å². The van der Waals surface area contributed by atoms with Crippen LogP contribution in [0.2, 0.25) is 0 Å². The fourth-order valence-corrected chi connectivity index (χ4v) is 3.89. The first-order valence-corrected chi connectivity index (χ1v) is 8.32. The molecule has 2 aliphatic rings. The smallest absolute Gasteiger partial charge is 0.237 e. The van der Waals surface area contributed by atoms with Gasteiger partial charge in [0.2, 0.25) is 5.91 Å². The lowest BCUT2D eigenvalue weighted by Crippen LogP contribution is -2.28. The number of fused-ring (bicyclic) bond motifs is 1. The highest BCUT2D eigenvalue weighted by molar-refractivity contribution is 8.03. The maximum atomic E-state index is 12.5. The summed E-state index contributed by atoms with van der Waals surface area (Å²) in [6.07, 6.45) is 0.222. The fraction of sp³-hybridized carbons (Fsp3) is 0.111. The summed E-state index contributed by atoms with van der Waals surface area (Å²) in [5.41, 5.74) is 2.40. The molecule has 0 aromatic heterocycles. The predicted octanol–water partition coefficient (Wildman–Crippen LogP) is 3.84. The number of carbonyl (C=O) groups excluding carboxylic acids is 1. The van der Waals surface area contributed by atoms with Gasteiger partial charge < -0.3 is 10.1 Å². The summed E-state index contributed by atoms with van der Waals surface area (Å²) in [6.45, 7) is 0. The van der Waals surface area contributed by atoms with Crippen LogP contribution in [0.25, 0.3) is 0 Å². The van der Waals surface area contributed by atoms with Crippen molar-refractivity contribution in [2.75, 3.05) is 17.3 Å². The summed E-state index contributed by atoms with van der Waals surface area (Å²) in [5, 5.41) is 12.7. The Kier molecular flexibility index (Phi) is 3.54. The summed E-state index contributed by atoms with van der Waals surface area (Å²) in [4.78, 5) is 15.0. The Morgan fingerprint density at radius 2 is 2.04 bits per heavy atom. The van der Waals surface area contributed by atoms with E-state index in [4.69, 9.17) is 10.1 Å². The lowest BCUT2D eigenvalue weighted by molar-refractivity contribution is -0.116. The molecule has 2 aromatic carbocycles. The van der Waals surface area contributed by atoms with Gasteiger partial charge in [-0.25, -0.2) is 0 Å². The van der Waals surface area contributed by atoms with Gasteiger partial charge in [-0.3, -0.25) is 15.1 Å². The van der Waals surface area contributed by atoms with Crippen molar-refractivity contribution in [3.8, 4) is 5.75 Å². The van der Waals surface area contributed by atoms with E-state index in [1.807, 2.05) is 42.5 Å². The molecule has 0 radical (unpaired) electrons. The van der Waals surface area contributed by atoms with E-state index in [1.165, 1.54) is 4.90 Å². The number of amides is 1. The Bertz CT molecular complexity index is 864. The molecule has 5 nitrogen and oxygen atoms in total. The van der Waals surface area contributed by atoms with Crippen molar-refractivity contribution in [1.29, 1.82) is 5.41 Å². The Balaban J connectivity index is 1.69. The molecular formula is C18H15N3O2S. The number of benzene rings is 2. The van der Waals surface area contributed by atoms with Gasteiger partial charge in [0.1, 0.15) is 11.6 Å². The van der Waals surface area contributed by atoms with Crippen LogP contribution in [0.15, 0.2) is 64.0 Å². The number of carbonyl (C=O) groups is 1. The van der Waals surface area contributed by atoms with Gasteiger partial charge in [0.05, 0.1) is 29.9 Å². The summed E-state index contributed by atoms with van der Waals surface area (Å²) in [7, 11) is 1.58. The number of hydrogen-bond donors (Lipinski definition) is 2. The maximum Gasteiger partial charge on any atom is 0.237 e. The van der Waals surface area contributed by atoms with Gasteiger partial charge >= 0.3 is 0 Å². The van der Waals surface area contributed by atoms with Crippen molar-refractivity contribution in [3.63, 3.8) is 0 Å². The number of nitrogens with zero attached hydrogens (tertiary/aromatic N) is 1. The van der Waals surface area contributed by atoms with Crippen LogP contribution in [0.5, 0.6) is 5.75 Å². The van der Waals surface area contributed by atoms with Gasteiger partial charge in [-0.1, -0.05) is 30.0 Å². The number of para-hydroxylation sites is 1.